The summed E-state index contributed by atoms with van der Waals surface area (Å²) in [6.45, 7) is 9.66. The first-order valence-electron chi connectivity index (χ1n) is 7.94. The lowest BCUT2D eigenvalue weighted by Gasteiger charge is -2.30. The van der Waals surface area contributed by atoms with Crippen molar-refractivity contribution in [2.45, 2.75) is 38.6 Å². The highest BCUT2D eigenvalue weighted by Crippen LogP contribution is 2.30. The number of fused-ring (bicyclic) bond motifs is 2. The fourth-order valence-corrected chi connectivity index (χ4v) is 3.72. The maximum atomic E-state index is 12.8. The summed E-state index contributed by atoms with van der Waals surface area (Å²) in [4.78, 5) is 17.2. The van der Waals surface area contributed by atoms with Crippen LogP contribution in [0.5, 0.6) is 0 Å². The number of piperidine rings is 1. The van der Waals surface area contributed by atoms with E-state index in [9.17, 15) is 4.79 Å². The molecule has 1 aromatic rings. The molecule has 2 aliphatic heterocycles. The largest absolute Gasteiger partial charge is 0.334 e. The van der Waals surface area contributed by atoms with Gasteiger partial charge < -0.3 is 9.80 Å². The molecule has 0 N–H and O–H groups in total. The van der Waals surface area contributed by atoms with E-state index in [0.29, 0.717) is 12.0 Å². The molecule has 114 valence electrons. The lowest BCUT2D eigenvalue weighted by Crippen LogP contribution is -2.42. The van der Waals surface area contributed by atoms with Gasteiger partial charge in [-0.3, -0.25) is 4.79 Å². The third kappa shape index (κ3) is 2.84. The van der Waals surface area contributed by atoms with Crippen molar-refractivity contribution in [3.8, 4) is 0 Å². The Kier molecular flexibility index (Phi) is 3.56. The highest BCUT2D eigenvalue weighted by atomic mass is 16.2. The van der Waals surface area contributed by atoms with Gasteiger partial charge >= 0.3 is 0 Å². The van der Waals surface area contributed by atoms with Crippen molar-refractivity contribution in [1.29, 1.82) is 0 Å². The van der Waals surface area contributed by atoms with Gasteiger partial charge in [-0.05, 0) is 42.5 Å². The number of benzene rings is 1. The standard InChI is InChI=1S/C18H26N2O/c1-18(2,3)15-7-5-14(6-8-15)17(21)20-11-13-9-16(20)12-19(4)10-13/h5-8,13,16H,9-12H2,1-4H3. The summed E-state index contributed by atoms with van der Waals surface area (Å²) in [6, 6.07) is 8.59. The predicted molar refractivity (Wildman–Crippen MR) is 85.6 cm³/mol. The zero-order valence-corrected chi connectivity index (χ0v) is 13.6. The second-order valence-electron chi connectivity index (χ2n) is 7.76. The van der Waals surface area contributed by atoms with Crippen molar-refractivity contribution in [3.05, 3.63) is 35.4 Å². The lowest BCUT2D eigenvalue weighted by molar-refractivity contribution is 0.0722. The minimum Gasteiger partial charge on any atom is -0.334 e. The summed E-state index contributed by atoms with van der Waals surface area (Å²) in [5.41, 5.74) is 2.24. The number of likely N-dealkylation sites (tertiary alicyclic amines) is 2. The van der Waals surface area contributed by atoms with Gasteiger partial charge in [0.15, 0.2) is 0 Å². The van der Waals surface area contributed by atoms with Gasteiger partial charge in [-0.2, -0.15) is 0 Å². The van der Waals surface area contributed by atoms with Crippen LogP contribution >= 0.6 is 0 Å². The molecule has 2 aliphatic rings. The number of nitrogens with zero attached hydrogens (tertiary/aromatic N) is 2. The van der Waals surface area contributed by atoms with E-state index in [2.05, 4.69) is 49.8 Å². The number of carbonyl (C=O) groups is 1. The maximum Gasteiger partial charge on any atom is 0.254 e. The Hall–Kier alpha value is -1.35. The Bertz CT molecular complexity index is 529. The normalized spacial score (nSPS) is 26.2. The summed E-state index contributed by atoms with van der Waals surface area (Å²) < 4.78 is 0. The Morgan fingerprint density at radius 1 is 1.10 bits per heavy atom. The van der Waals surface area contributed by atoms with Crippen molar-refractivity contribution in [2.24, 2.45) is 5.92 Å². The van der Waals surface area contributed by atoms with Gasteiger partial charge in [-0.25, -0.2) is 0 Å². The molecule has 2 fully saturated rings. The van der Waals surface area contributed by atoms with Crippen LogP contribution in [0.3, 0.4) is 0 Å². The number of amides is 1. The van der Waals surface area contributed by atoms with Gasteiger partial charge in [0.05, 0.1) is 0 Å². The molecular formula is C18H26N2O. The Morgan fingerprint density at radius 3 is 2.38 bits per heavy atom. The highest BCUT2D eigenvalue weighted by Gasteiger charge is 2.39. The minimum atomic E-state index is 0.133. The van der Waals surface area contributed by atoms with Crippen molar-refractivity contribution < 1.29 is 4.79 Å². The van der Waals surface area contributed by atoms with Crippen LogP contribution in [0, 0.1) is 5.92 Å². The molecular weight excluding hydrogens is 260 g/mol. The van der Waals surface area contributed by atoms with Gasteiger partial charge in [0.25, 0.3) is 5.91 Å². The van der Waals surface area contributed by atoms with Gasteiger partial charge in [-0.1, -0.05) is 32.9 Å². The molecule has 1 aromatic carbocycles. The van der Waals surface area contributed by atoms with Gasteiger partial charge in [0.2, 0.25) is 0 Å². The number of rotatable bonds is 1. The average molecular weight is 286 g/mol. The second kappa shape index (κ2) is 5.13. The molecule has 21 heavy (non-hydrogen) atoms. The Labute approximate surface area is 127 Å². The van der Waals surface area contributed by atoms with E-state index in [1.807, 2.05) is 12.1 Å². The van der Waals surface area contributed by atoms with E-state index in [4.69, 9.17) is 0 Å². The summed E-state index contributed by atoms with van der Waals surface area (Å²) in [5, 5.41) is 0. The first-order chi connectivity index (χ1) is 9.84. The van der Waals surface area contributed by atoms with E-state index >= 15 is 0 Å². The first-order valence-corrected chi connectivity index (χ1v) is 7.94. The van der Waals surface area contributed by atoms with Crippen LogP contribution in [0.25, 0.3) is 0 Å². The van der Waals surface area contributed by atoms with Crippen LogP contribution in [0.4, 0.5) is 0 Å². The lowest BCUT2D eigenvalue weighted by atomic mass is 9.86. The Morgan fingerprint density at radius 2 is 1.76 bits per heavy atom. The molecule has 1 amide bonds. The van der Waals surface area contributed by atoms with Crippen molar-refractivity contribution in [2.75, 3.05) is 26.7 Å². The zero-order valence-electron chi connectivity index (χ0n) is 13.6. The van der Waals surface area contributed by atoms with Crippen LogP contribution < -0.4 is 0 Å². The SMILES string of the molecule is CN1CC2CC(C1)N(C(=O)c1ccc(C(C)(C)C)cc1)C2. The molecule has 2 saturated heterocycles. The number of likely N-dealkylation sites (N-methyl/N-ethyl adjacent to an activating group) is 1. The summed E-state index contributed by atoms with van der Waals surface area (Å²) >= 11 is 0. The molecule has 2 bridgehead atoms. The summed E-state index contributed by atoms with van der Waals surface area (Å²) in [6.07, 6.45) is 1.18. The molecule has 0 aromatic heterocycles. The highest BCUT2D eigenvalue weighted by molar-refractivity contribution is 5.94. The molecule has 0 saturated carbocycles. The van der Waals surface area contributed by atoms with Crippen LogP contribution in [0.1, 0.15) is 43.1 Å². The van der Waals surface area contributed by atoms with E-state index < -0.39 is 0 Å². The first kappa shape index (κ1) is 14.6. The van der Waals surface area contributed by atoms with Crippen molar-refractivity contribution >= 4 is 5.91 Å². The van der Waals surface area contributed by atoms with Crippen molar-refractivity contribution in [3.63, 3.8) is 0 Å². The monoisotopic (exact) mass is 286 g/mol. The van der Waals surface area contributed by atoms with Crippen molar-refractivity contribution in [1.82, 2.24) is 9.80 Å². The van der Waals surface area contributed by atoms with E-state index in [1.165, 1.54) is 12.0 Å². The predicted octanol–water partition coefficient (Wildman–Crippen LogP) is 2.76. The van der Waals surface area contributed by atoms with Gasteiger partial charge in [0.1, 0.15) is 0 Å². The van der Waals surface area contributed by atoms with Crippen LogP contribution in [0.15, 0.2) is 24.3 Å². The number of hydrogen-bond donors (Lipinski definition) is 0. The molecule has 0 radical (unpaired) electrons. The maximum absolute atomic E-state index is 12.8. The molecule has 3 heteroatoms. The van der Waals surface area contributed by atoms with Crippen LogP contribution in [-0.2, 0) is 5.41 Å². The van der Waals surface area contributed by atoms with E-state index in [-0.39, 0.29) is 11.3 Å². The second-order valence-corrected chi connectivity index (χ2v) is 7.76. The summed E-state index contributed by atoms with van der Waals surface area (Å²) in [5.74, 6) is 0.866. The molecule has 3 nitrogen and oxygen atoms in total. The van der Waals surface area contributed by atoms with Crippen LogP contribution in [-0.4, -0.2) is 48.4 Å². The molecule has 2 unspecified atom stereocenters. The third-order valence-electron chi connectivity index (χ3n) is 4.85. The van der Waals surface area contributed by atoms with Crippen LogP contribution in [0.2, 0.25) is 0 Å². The molecule has 2 atom stereocenters. The molecule has 0 spiro atoms. The third-order valence-corrected chi connectivity index (χ3v) is 4.85. The Balaban J connectivity index is 1.77. The molecule has 0 aliphatic carbocycles. The minimum absolute atomic E-state index is 0.133. The average Bonchev–Trinajstić information content (AvgIpc) is 2.72. The molecule has 3 rings (SSSR count). The molecule has 2 heterocycles. The smallest absolute Gasteiger partial charge is 0.254 e. The van der Waals surface area contributed by atoms with E-state index in [0.717, 1.165) is 25.2 Å². The fraction of sp³-hybridized carbons (Fsp3) is 0.611. The zero-order chi connectivity index (χ0) is 15.2. The topological polar surface area (TPSA) is 23.6 Å². The quantitative estimate of drug-likeness (QED) is 0.792. The van der Waals surface area contributed by atoms with E-state index in [1.54, 1.807) is 0 Å². The van der Waals surface area contributed by atoms with Gasteiger partial charge in [-0.15, -0.1) is 0 Å². The van der Waals surface area contributed by atoms with Gasteiger partial charge in [0, 0.05) is 31.2 Å². The number of hydrogen-bond acceptors (Lipinski definition) is 2. The number of carbonyl (C=O) groups excluding carboxylic acids is 1. The summed E-state index contributed by atoms with van der Waals surface area (Å²) in [7, 11) is 2.16. The fourth-order valence-electron chi connectivity index (χ4n) is 3.72.